The number of hydrogen-bond donors (Lipinski definition) is 1. The van der Waals surface area contributed by atoms with Crippen molar-refractivity contribution in [3.05, 3.63) is 29.8 Å². The molecule has 0 aliphatic carbocycles. The summed E-state index contributed by atoms with van der Waals surface area (Å²) < 4.78 is 43.6. The van der Waals surface area contributed by atoms with Crippen molar-refractivity contribution in [2.45, 2.75) is 38.9 Å². The van der Waals surface area contributed by atoms with Crippen LogP contribution < -0.4 is 10.1 Å². The molecule has 0 bridgehead atoms. The number of nitrogens with one attached hydrogen (secondary N) is 1. The summed E-state index contributed by atoms with van der Waals surface area (Å²) in [5, 5.41) is 3.24. The lowest BCUT2D eigenvalue weighted by Crippen LogP contribution is -2.34. The molecule has 0 aliphatic heterocycles. The van der Waals surface area contributed by atoms with Gasteiger partial charge < -0.3 is 10.1 Å². The highest BCUT2D eigenvalue weighted by Gasteiger charge is 2.34. The van der Waals surface area contributed by atoms with E-state index in [9.17, 15) is 13.2 Å². The van der Waals surface area contributed by atoms with Gasteiger partial charge in [0, 0.05) is 6.04 Å². The number of alkyl halides is 3. The zero-order chi connectivity index (χ0) is 14.3. The topological polar surface area (TPSA) is 21.3 Å². The van der Waals surface area contributed by atoms with Crippen molar-refractivity contribution in [3.8, 4) is 5.75 Å². The summed E-state index contributed by atoms with van der Waals surface area (Å²) in [7, 11) is 0. The molecule has 1 rings (SSSR count). The average Bonchev–Trinajstić information content (AvgIpc) is 2.38. The first-order chi connectivity index (χ1) is 8.99. The van der Waals surface area contributed by atoms with Gasteiger partial charge in [-0.1, -0.05) is 26.0 Å². The summed E-state index contributed by atoms with van der Waals surface area (Å²) in [5.74, 6) is -0.105. The fourth-order valence-electron chi connectivity index (χ4n) is 1.69. The normalized spacial score (nSPS) is 13.3. The first-order valence-electron chi connectivity index (χ1n) is 6.51. The van der Waals surface area contributed by atoms with E-state index < -0.39 is 11.7 Å². The van der Waals surface area contributed by atoms with Gasteiger partial charge in [0.1, 0.15) is 12.4 Å². The molecule has 0 fully saturated rings. The van der Waals surface area contributed by atoms with E-state index in [-0.39, 0.29) is 18.4 Å². The third kappa shape index (κ3) is 5.11. The zero-order valence-electron chi connectivity index (χ0n) is 11.3. The smallest absolute Gasteiger partial charge is 0.419 e. The lowest BCUT2D eigenvalue weighted by molar-refractivity contribution is -0.139. The maximum atomic E-state index is 12.8. The average molecular weight is 275 g/mol. The molecule has 0 amide bonds. The van der Waals surface area contributed by atoms with Crippen LogP contribution in [-0.4, -0.2) is 19.2 Å². The molecule has 1 aromatic carbocycles. The number of benzene rings is 1. The van der Waals surface area contributed by atoms with Gasteiger partial charge in [0.2, 0.25) is 0 Å². The monoisotopic (exact) mass is 275 g/mol. The molecule has 0 saturated heterocycles. The van der Waals surface area contributed by atoms with Crippen LogP contribution in [0.2, 0.25) is 0 Å². The van der Waals surface area contributed by atoms with E-state index in [4.69, 9.17) is 4.74 Å². The molecule has 1 aromatic rings. The minimum Gasteiger partial charge on any atom is -0.491 e. The summed E-state index contributed by atoms with van der Waals surface area (Å²) in [6, 6.07) is 5.37. The highest BCUT2D eigenvalue weighted by atomic mass is 19.4. The third-order valence-corrected chi connectivity index (χ3v) is 2.81. The van der Waals surface area contributed by atoms with Gasteiger partial charge in [-0.25, -0.2) is 0 Å². The number of halogens is 3. The van der Waals surface area contributed by atoms with Crippen LogP contribution in [0.5, 0.6) is 5.75 Å². The van der Waals surface area contributed by atoms with Crippen LogP contribution in [0.4, 0.5) is 13.2 Å². The second kappa shape index (κ2) is 7.38. The molecule has 0 spiro atoms. The fourth-order valence-corrected chi connectivity index (χ4v) is 1.69. The van der Waals surface area contributed by atoms with E-state index >= 15 is 0 Å². The molecule has 19 heavy (non-hydrogen) atoms. The lowest BCUT2D eigenvalue weighted by Gasteiger charge is -2.19. The molecule has 0 aliphatic rings. The Hall–Kier alpha value is -1.23. The minimum absolute atomic E-state index is 0.0706. The van der Waals surface area contributed by atoms with Crippen LogP contribution in [0.1, 0.15) is 32.3 Å². The highest BCUT2D eigenvalue weighted by Crippen LogP contribution is 2.35. The largest absolute Gasteiger partial charge is 0.491 e. The van der Waals surface area contributed by atoms with Gasteiger partial charge >= 0.3 is 6.18 Å². The predicted octanol–water partition coefficient (Wildman–Crippen LogP) is 3.86. The summed E-state index contributed by atoms with van der Waals surface area (Å²) >= 11 is 0. The summed E-state index contributed by atoms with van der Waals surface area (Å²) in [6.07, 6.45) is -2.58. The number of para-hydroxylation sites is 1. The Morgan fingerprint density at radius 1 is 1.21 bits per heavy atom. The van der Waals surface area contributed by atoms with Crippen molar-refractivity contribution in [2.75, 3.05) is 13.2 Å². The molecule has 1 unspecified atom stereocenters. The Labute approximate surface area is 112 Å². The molecule has 2 nitrogen and oxygen atoms in total. The molecule has 0 aromatic heterocycles. The fraction of sp³-hybridized carbons (Fsp3) is 0.571. The lowest BCUT2D eigenvalue weighted by atomic mass is 10.2. The molecule has 0 heterocycles. The van der Waals surface area contributed by atoms with Gasteiger partial charge in [0.25, 0.3) is 0 Å². The maximum Gasteiger partial charge on any atom is 0.419 e. The quantitative estimate of drug-likeness (QED) is 0.815. The summed E-state index contributed by atoms with van der Waals surface area (Å²) in [6.45, 7) is 5.10. The van der Waals surface area contributed by atoms with Gasteiger partial charge in [0.05, 0.1) is 5.56 Å². The summed E-state index contributed by atoms with van der Waals surface area (Å²) in [5.41, 5.74) is -0.722. The van der Waals surface area contributed by atoms with Gasteiger partial charge in [-0.2, -0.15) is 13.2 Å². The molecule has 1 N–H and O–H groups in total. The van der Waals surface area contributed by atoms with Crippen molar-refractivity contribution in [1.82, 2.24) is 5.32 Å². The number of ether oxygens (including phenoxy) is 1. The van der Waals surface area contributed by atoms with Gasteiger partial charge in [0.15, 0.2) is 0 Å². The predicted molar refractivity (Wildman–Crippen MR) is 69.3 cm³/mol. The molecule has 0 saturated carbocycles. The maximum absolute atomic E-state index is 12.8. The van der Waals surface area contributed by atoms with Gasteiger partial charge in [-0.3, -0.25) is 0 Å². The van der Waals surface area contributed by atoms with E-state index in [0.717, 1.165) is 25.5 Å². The minimum atomic E-state index is -4.38. The van der Waals surface area contributed by atoms with Crippen LogP contribution in [0.3, 0.4) is 0 Å². The van der Waals surface area contributed by atoms with Crippen molar-refractivity contribution in [2.24, 2.45) is 0 Å². The van der Waals surface area contributed by atoms with E-state index in [1.54, 1.807) is 6.07 Å². The van der Waals surface area contributed by atoms with Crippen molar-refractivity contribution < 1.29 is 17.9 Å². The summed E-state index contributed by atoms with van der Waals surface area (Å²) in [4.78, 5) is 0. The van der Waals surface area contributed by atoms with Crippen LogP contribution >= 0.6 is 0 Å². The first-order valence-corrected chi connectivity index (χ1v) is 6.51. The second-order valence-electron chi connectivity index (χ2n) is 4.36. The van der Waals surface area contributed by atoms with Crippen molar-refractivity contribution in [1.29, 1.82) is 0 Å². The number of rotatable bonds is 7. The standard InChI is InChI=1S/C14H20F3NO/c1-3-9-18-11(4-2)10-19-13-8-6-5-7-12(13)14(15,16)17/h5-8,11,18H,3-4,9-10H2,1-2H3. The zero-order valence-corrected chi connectivity index (χ0v) is 11.3. The molecular weight excluding hydrogens is 255 g/mol. The van der Waals surface area contributed by atoms with Crippen molar-refractivity contribution in [3.63, 3.8) is 0 Å². The Balaban J connectivity index is 2.66. The van der Waals surface area contributed by atoms with Gasteiger partial charge in [-0.05, 0) is 31.5 Å². The van der Waals surface area contributed by atoms with E-state index in [0.29, 0.717) is 0 Å². The Kier molecular flexibility index (Phi) is 6.15. The third-order valence-electron chi connectivity index (χ3n) is 2.81. The molecular formula is C14H20F3NO. The van der Waals surface area contributed by atoms with E-state index in [2.05, 4.69) is 5.32 Å². The van der Waals surface area contributed by atoms with Gasteiger partial charge in [-0.15, -0.1) is 0 Å². The van der Waals surface area contributed by atoms with Crippen LogP contribution in [0.25, 0.3) is 0 Å². The molecule has 0 radical (unpaired) electrons. The Morgan fingerprint density at radius 2 is 1.89 bits per heavy atom. The van der Waals surface area contributed by atoms with Crippen LogP contribution in [0.15, 0.2) is 24.3 Å². The Morgan fingerprint density at radius 3 is 2.47 bits per heavy atom. The molecule has 5 heteroatoms. The van der Waals surface area contributed by atoms with Crippen LogP contribution in [-0.2, 0) is 6.18 Å². The molecule has 108 valence electrons. The Bertz CT molecular complexity index is 379. The molecule has 1 atom stereocenters. The number of hydrogen-bond acceptors (Lipinski definition) is 2. The van der Waals surface area contributed by atoms with Crippen LogP contribution in [0, 0.1) is 0 Å². The SMILES string of the molecule is CCCNC(CC)COc1ccccc1C(F)(F)F. The van der Waals surface area contributed by atoms with Crippen molar-refractivity contribution >= 4 is 0 Å². The van der Waals surface area contributed by atoms with E-state index in [1.807, 2.05) is 13.8 Å². The van der Waals surface area contributed by atoms with E-state index in [1.165, 1.54) is 12.1 Å². The second-order valence-corrected chi connectivity index (χ2v) is 4.36. The first kappa shape index (κ1) is 15.8. The highest BCUT2D eigenvalue weighted by molar-refractivity contribution is 5.35.